The molecule has 1 aromatic carbocycles. The lowest BCUT2D eigenvalue weighted by Gasteiger charge is -2.09. The maximum Gasteiger partial charge on any atom is 0.229 e. The molecule has 0 spiro atoms. The molecular formula is C15H19N3O2. The van der Waals surface area contributed by atoms with Gasteiger partial charge >= 0.3 is 0 Å². The molecule has 0 aliphatic heterocycles. The van der Waals surface area contributed by atoms with Gasteiger partial charge in [-0.05, 0) is 25.5 Å². The van der Waals surface area contributed by atoms with Crippen LogP contribution in [0.3, 0.4) is 0 Å². The molecule has 0 saturated heterocycles. The molecule has 0 unspecified atom stereocenters. The van der Waals surface area contributed by atoms with Crippen LogP contribution < -0.4 is 10.1 Å². The zero-order valence-electron chi connectivity index (χ0n) is 12.0. The molecule has 0 aliphatic carbocycles. The smallest absolute Gasteiger partial charge is 0.229 e. The molecule has 0 saturated carbocycles. The minimum Gasteiger partial charge on any atom is -0.493 e. The van der Waals surface area contributed by atoms with Crippen molar-refractivity contribution in [3.8, 4) is 5.75 Å². The van der Waals surface area contributed by atoms with Gasteiger partial charge in [-0.15, -0.1) is 0 Å². The summed E-state index contributed by atoms with van der Waals surface area (Å²) in [5, 5.41) is 6.81. The third-order valence-electron chi connectivity index (χ3n) is 2.90. The van der Waals surface area contributed by atoms with Crippen LogP contribution in [-0.4, -0.2) is 22.3 Å². The minimum atomic E-state index is -0.103. The summed E-state index contributed by atoms with van der Waals surface area (Å²) < 4.78 is 7.26. The fourth-order valence-corrected chi connectivity index (χ4v) is 1.90. The third-order valence-corrected chi connectivity index (χ3v) is 2.90. The Hall–Kier alpha value is -2.30. The molecule has 0 fully saturated rings. The largest absolute Gasteiger partial charge is 0.493 e. The summed E-state index contributed by atoms with van der Waals surface area (Å²) in [6, 6.07) is 7.74. The fourth-order valence-electron chi connectivity index (χ4n) is 1.90. The first-order valence-corrected chi connectivity index (χ1v) is 6.54. The van der Waals surface area contributed by atoms with Crippen molar-refractivity contribution in [2.45, 2.75) is 20.3 Å². The first kappa shape index (κ1) is 14.1. The number of nitrogens with one attached hydrogen (secondary N) is 1. The highest BCUT2D eigenvalue weighted by molar-refractivity contribution is 5.89. The van der Waals surface area contributed by atoms with Crippen LogP contribution in [0.15, 0.2) is 30.5 Å². The van der Waals surface area contributed by atoms with E-state index in [4.69, 9.17) is 4.74 Å². The molecule has 0 radical (unpaired) electrons. The van der Waals surface area contributed by atoms with Crippen LogP contribution in [-0.2, 0) is 11.8 Å². The predicted molar refractivity (Wildman–Crippen MR) is 77.9 cm³/mol. The fraction of sp³-hybridized carbons (Fsp3) is 0.333. The number of aryl methyl sites for hydroxylation is 3. The van der Waals surface area contributed by atoms with Gasteiger partial charge in [0.25, 0.3) is 0 Å². The van der Waals surface area contributed by atoms with Gasteiger partial charge < -0.3 is 10.1 Å². The number of ether oxygens (including phenoxy) is 1. The van der Waals surface area contributed by atoms with Gasteiger partial charge in [-0.1, -0.05) is 17.7 Å². The SMILES string of the molecule is Cc1ccc(OCCC(=O)Nc2ccn(C)n2)c(C)c1. The molecule has 1 heterocycles. The Balaban J connectivity index is 1.79. The van der Waals surface area contributed by atoms with E-state index in [2.05, 4.69) is 16.5 Å². The second-order valence-electron chi connectivity index (χ2n) is 4.79. The van der Waals surface area contributed by atoms with E-state index in [1.165, 1.54) is 5.56 Å². The van der Waals surface area contributed by atoms with E-state index in [0.717, 1.165) is 11.3 Å². The molecule has 1 N–H and O–H groups in total. The predicted octanol–water partition coefficient (Wildman–Crippen LogP) is 2.44. The van der Waals surface area contributed by atoms with Crippen molar-refractivity contribution in [3.05, 3.63) is 41.6 Å². The summed E-state index contributed by atoms with van der Waals surface area (Å²) in [6.45, 7) is 4.38. The first-order valence-electron chi connectivity index (χ1n) is 6.54. The van der Waals surface area contributed by atoms with E-state index in [1.807, 2.05) is 26.0 Å². The molecule has 2 rings (SSSR count). The number of carbonyl (C=O) groups excluding carboxylic acids is 1. The van der Waals surface area contributed by atoms with E-state index in [-0.39, 0.29) is 5.91 Å². The highest BCUT2D eigenvalue weighted by atomic mass is 16.5. The molecular weight excluding hydrogens is 254 g/mol. The summed E-state index contributed by atoms with van der Waals surface area (Å²) >= 11 is 0. The highest BCUT2D eigenvalue weighted by Crippen LogP contribution is 2.18. The van der Waals surface area contributed by atoms with E-state index in [9.17, 15) is 4.79 Å². The second kappa shape index (κ2) is 6.23. The maximum atomic E-state index is 11.7. The number of rotatable bonds is 5. The van der Waals surface area contributed by atoms with Gasteiger partial charge in [-0.3, -0.25) is 9.48 Å². The molecule has 2 aromatic rings. The van der Waals surface area contributed by atoms with E-state index in [0.29, 0.717) is 18.8 Å². The van der Waals surface area contributed by atoms with Crippen molar-refractivity contribution in [3.63, 3.8) is 0 Å². The number of aromatic nitrogens is 2. The number of anilines is 1. The number of carbonyl (C=O) groups is 1. The topological polar surface area (TPSA) is 56.1 Å². The standard InChI is InChI=1S/C15H19N3O2/c1-11-4-5-13(12(2)10-11)20-9-7-15(19)16-14-6-8-18(3)17-14/h4-6,8,10H,7,9H2,1-3H3,(H,16,17,19). The van der Waals surface area contributed by atoms with E-state index >= 15 is 0 Å². The van der Waals surface area contributed by atoms with Crippen molar-refractivity contribution < 1.29 is 9.53 Å². The van der Waals surface area contributed by atoms with Gasteiger partial charge in [0.15, 0.2) is 5.82 Å². The average molecular weight is 273 g/mol. The summed E-state index contributed by atoms with van der Waals surface area (Å²) in [4.78, 5) is 11.7. The zero-order valence-corrected chi connectivity index (χ0v) is 12.0. The Labute approximate surface area is 118 Å². The van der Waals surface area contributed by atoms with Crippen LogP contribution in [0.4, 0.5) is 5.82 Å². The summed E-state index contributed by atoms with van der Waals surface area (Å²) in [5.41, 5.74) is 2.28. The van der Waals surface area contributed by atoms with Crippen molar-refractivity contribution in [1.82, 2.24) is 9.78 Å². The van der Waals surface area contributed by atoms with Crippen molar-refractivity contribution >= 4 is 11.7 Å². The lowest BCUT2D eigenvalue weighted by Crippen LogP contribution is -2.15. The van der Waals surface area contributed by atoms with E-state index in [1.54, 1.807) is 24.0 Å². The Morgan fingerprint density at radius 1 is 1.35 bits per heavy atom. The molecule has 1 aromatic heterocycles. The number of benzene rings is 1. The lowest BCUT2D eigenvalue weighted by molar-refractivity contribution is -0.116. The van der Waals surface area contributed by atoms with Crippen LogP contribution in [0.25, 0.3) is 0 Å². The molecule has 5 heteroatoms. The van der Waals surface area contributed by atoms with Crippen LogP contribution in [0.5, 0.6) is 5.75 Å². The van der Waals surface area contributed by atoms with Crippen LogP contribution in [0, 0.1) is 13.8 Å². The van der Waals surface area contributed by atoms with Gasteiger partial charge in [0.2, 0.25) is 5.91 Å². The quantitative estimate of drug-likeness (QED) is 0.910. The lowest BCUT2D eigenvalue weighted by atomic mass is 10.1. The molecule has 0 bridgehead atoms. The molecule has 0 atom stereocenters. The molecule has 20 heavy (non-hydrogen) atoms. The highest BCUT2D eigenvalue weighted by Gasteiger charge is 2.06. The number of hydrogen-bond acceptors (Lipinski definition) is 3. The van der Waals surface area contributed by atoms with Crippen molar-refractivity contribution in [2.24, 2.45) is 7.05 Å². The van der Waals surface area contributed by atoms with E-state index < -0.39 is 0 Å². The molecule has 5 nitrogen and oxygen atoms in total. The number of hydrogen-bond donors (Lipinski definition) is 1. The third kappa shape index (κ3) is 3.85. The maximum absolute atomic E-state index is 11.7. The molecule has 1 amide bonds. The van der Waals surface area contributed by atoms with Crippen molar-refractivity contribution in [2.75, 3.05) is 11.9 Å². The second-order valence-corrected chi connectivity index (χ2v) is 4.79. The summed E-state index contributed by atoms with van der Waals surface area (Å²) in [5.74, 6) is 1.28. The van der Waals surface area contributed by atoms with Gasteiger partial charge in [0.05, 0.1) is 13.0 Å². The van der Waals surface area contributed by atoms with Crippen LogP contribution in [0.1, 0.15) is 17.5 Å². The van der Waals surface area contributed by atoms with Gasteiger partial charge in [0, 0.05) is 19.3 Å². The van der Waals surface area contributed by atoms with Gasteiger partial charge in [0.1, 0.15) is 5.75 Å². The normalized spacial score (nSPS) is 10.3. The van der Waals surface area contributed by atoms with Gasteiger partial charge in [-0.25, -0.2) is 0 Å². The molecule has 106 valence electrons. The number of amides is 1. The number of nitrogens with zero attached hydrogens (tertiary/aromatic N) is 2. The zero-order chi connectivity index (χ0) is 14.5. The Kier molecular flexibility index (Phi) is 4.40. The summed E-state index contributed by atoms with van der Waals surface area (Å²) in [7, 11) is 1.80. The minimum absolute atomic E-state index is 0.103. The van der Waals surface area contributed by atoms with Crippen LogP contribution >= 0.6 is 0 Å². The van der Waals surface area contributed by atoms with Crippen molar-refractivity contribution in [1.29, 1.82) is 0 Å². The first-order chi connectivity index (χ1) is 9.54. The monoisotopic (exact) mass is 273 g/mol. The summed E-state index contributed by atoms with van der Waals surface area (Å²) in [6.07, 6.45) is 2.08. The van der Waals surface area contributed by atoms with Gasteiger partial charge in [-0.2, -0.15) is 5.10 Å². The average Bonchev–Trinajstić information content (AvgIpc) is 2.77. The Morgan fingerprint density at radius 3 is 2.80 bits per heavy atom. The Bertz CT molecular complexity index is 605. The Morgan fingerprint density at radius 2 is 2.15 bits per heavy atom. The molecule has 0 aliphatic rings. The van der Waals surface area contributed by atoms with Crippen LogP contribution in [0.2, 0.25) is 0 Å².